The molecular weight excluding hydrogens is 419 g/mol. The number of amides is 1. The van der Waals surface area contributed by atoms with Gasteiger partial charge < -0.3 is 4.57 Å². The van der Waals surface area contributed by atoms with E-state index < -0.39 is 5.91 Å². The smallest absolute Gasteiger partial charge is 0.286 e. The summed E-state index contributed by atoms with van der Waals surface area (Å²) in [5.74, 6) is -0.521. The van der Waals surface area contributed by atoms with Crippen LogP contribution in [-0.4, -0.2) is 20.1 Å². The number of hydrogen-bond acceptors (Lipinski definition) is 4. The predicted molar refractivity (Wildman–Crippen MR) is 113 cm³/mol. The zero-order chi connectivity index (χ0) is 20.0. The van der Waals surface area contributed by atoms with Gasteiger partial charge in [-0.25, -0.2) is 9.66 Å². The normalized spacial score (nSPS) is 11.1. The molecule has 0 spiro atoms. The first-order chi connectivity index (χ1) is 13.4. The molecule has 0 aliphatic rings. The highest BCUT2D eigenvalue weighted by molar-refractivity contribution is 7.19. The molecule has 0 bridgehead atoms. The highest BCUT2D eigenvalue weighted by Crippen LogP contribution is 2.35. The number of hydrogen-bond donors (Lipinski definition) is 1. The van der Waals surface area contributed by atoms with Crippen LogP contribution >= 0.6 is 34.5 Å². The number of aromatic nitrogens is 3. The summed E-state index contributed by atoms with van der Waals surface area (Å²) >= 11 is 13.4. The minimum atomic E-state index is -0.521. The van der Waals surface area contributed by atoms with Crippen molar-refractivity contribution in [1.82, 2.24) is 14.2 Å². The molecule has 142 valence electrons. The van der Waals surface area contributed by atoms with Crippen molar-refractivity contribution in [3.05, 3.63) is 73.8 Å². The number of halogens is 2. The maximum atomic E-state index is 13.1. The van der Waals surface area contributed by atoms with E-state index in [9.17, 15) is 9.59 Å². The van der Waals surface area contributed by atoms with Crippen LogP contribution < -0.4 is 11.0 Å². The summed E-state index contributed by atoms with van der Waals surface area (Å²) in [6, 6.07) is 11.1. The molecule has 0 aliphatic carbocycles. The van der Waals surface area contributed by atoms with E-state index in [4.69, 9.17) is 23.2 Å². The SMILES string of the molecule is Cc1sc2ncn(NC(=O)c3cc(Cl)c(Cl)n3C)c(=O)c2c1-c1ccccc1. The molecule has 0 unspecified atom stereocenters. The van der Waals surface area contributed by atoms with Crippen LogP contribution in [0.3, 0.4) is 0 Å². The molecule has 6 nitrogen and oxygen atoms in total. The summed E-state index contributed by atoms with van der Waals surface area (Å²) in [5.41, 5.74) is 4.18. The Bertz CT molecular complexity index is 1270. The van der Waals surface area contributed by atoms with Crippen molar-refractivity contribution in [3.8, 4) is 11.1 Å². The van der Waals surface area contributed by atoms with Crippen LogP contribution in [0.2, 0.25) is 10.2 Å². The largest absolute Gasteiger partial charge is 0.329 e. The van der Waals surface area contributed by atoms with Gasteiger partial charge in [-0.15, -0.1) is 11.3 Å². The minimum Gasteiger partial charge on any atom is -0.329 e. The number of nitrogens with one attached hydrogen (secondary N) is 1. The van der Waals surface area contributed by atoms with Crippen LogP contribution in [0, 0.1) is 6.92 Å². The van der Waals surface area contributed by atoms with Gasteiger partial charge in [-0.2, -0.15) is 0 Å². The third-order valence-electron chi connectivity index (χ3n) is 4.42. The van der Waals surface area contributed by atoms with Crippen LogP contribution in [-0.2, 0) is 7.05 Å². The molecule has 3 aromatic heterocycles. The molecule has 0 saturated carbocycles. The van der Waals surface area contributed by atoms with Crippen LogP contribution in [0.1, 0.15) is 15.4 Å². The molecule has 4 aromatic rings. The average Bonchev–Trinajstić information content (AvgIpc) is 3.16. The quantitative estimate of drug-likeness (QED) is 0.519. The molecule has 1 N–H and O–H groups in total. The van der Waals surface area contributed by atoms with Gasteiger partial charge in [0.1, 0.15) is 22.0 Å². The van der Waals surface area contributed by atoms with Gasteiger partial charge in [-0.1, -0.05) is 53.5 Å². The van der Waals surface area contributed by atoms with Crippen LogP contribution in [0.4, 0.5) is 0 Å². The number of benzene rings is 1. The number of rotatable bonds is 3. The van der Waals surface area contributed by atoms with Gasteiger partial charge in [0.15, 0.2) is 0 Å². The molecule has 28 heavy (non-hydrogen) atoms. The van der Waals surface area contributed by atoms with E-state index in [-0.39, 0.29) is 21.4 Å². The van der Waals surface area contributed by atoms with E-state index in [0.29, 0.717) is 10.2 Å². The molecular formula is C19H14Cl2N4O2S. The van der Waals surface area contributed by atoms with E-state index in [1.165, 1.54) is 28.3 Å². The van der Waals surface area contributed by atoms with Crippen LogP contribution in [0.25, 0.3) is 21.3 Å². The fourth-order valence-corrected chi connectivity index (χ4v) is 4.44. The number of thiophene rings is 1. The lowest BCUT2D eigenvalue weighted by molar-refractivity contribution is 0.0999. The molecule has 3 heterocycles. The summed E-state index contributed by atoms with van der Waals surface area (Å²) in [4.78, 5) is 31.7. The Hall–Kier alpha value is -2.61. The summed E-state index contributed by atoms with van der Waals surface area (Å²) < 4.78 is 2.53. The Kier molecular flexibility index (Phi) is 4.74. The first kappa shape index (κ1) is 18.7. The van der Waals surface area contributed by atoms with Crippen molar-refractivity contribution < 1.29 is 4.79 Å². The standard InChI is InChI=1S/C19H14Cl2N4O2S/c1-10-14(11-6-4-3-5-7-11)15-18(28-10)22-9-25(19(15)27)23-17(26)13-8-12(20)16(21)24(13)2/h3-9H,1-2H3,(H,23,26). The monoisotopic (exact) mass is 432 g/mol. The Morgan fingerprint density at radius 1 is 1.21 bits per heavy atom. The van der Waals surface area contributed by atoms with Gasteiger partial charge in [-0.3, -0.25) is 15.0 Å². The molecule has 4 rings (SSSR count). The Morgan fingerprint density at radius 2 is 1.93 bits per heavy atom. The van der Waals surface area contributed by atoms with E-state index in [0.717, 1.165) is 20.7 Å². The van der Waals surface area contributed by atoms with E-state index in [1.807, 2.05) is 37.3 Å². The van der Waals surface area contributed by atoms with Gasteiger partial charge in [-0.05, 0) is 18.6 Å². The van der Waals surface area contributed by atoms with Gasteiger partial charge in [0.2, 0.25) is 0 Å². The number of nitrogens with zero attached hydrogens (tertiary/aromatic N) is 3. The lowest BCUT2D eigenvalue weighted by atomic mass is 10.0. The van der Waals surface area contributed by atoms with E-state index >= 15 is 0 Å². The van der Waals surface area contributed by atoms with Gasteiger partial charge in [0, 0.05) is 17.5 Å². The molecule has 0 radical (unpaired) electrons. The minimum absolute atomic E-state index is 0.228. The highest BCUT2D eigenvalue weighted by Gasteiger charge is 2.20. The summed E-state index contributed by atoms with van der Waals surface area (Å²) in [6.07, 6.45) is 1.30. The fourth-order valence-electron chi connectivity index (χ4n) is 3.06. The van der Waals surface area contributed by atoms with E-state index in [1.54, 1.807) is 7.05 Å². The molecule has 9 heteroatoms. The van der Waals surface area contributed by atoms with Crippen molar-refractivity contribution in [1.29, 1.82) is 0 Å². The number of fused-ring (bicyclic) bond motifs is 1. The topological polar surface area (TPSA) is 68.9 Å². The van der Waals surface area contributed by atoms with E-state index in [2.05, 4.69) is 10.4 Å². The number of carbonyl (C=O) groups excluding carboxylic acids is 1. The second-order valence-electron chi connectivity index (χ2n) is 6.17. The third kappa shape index (κ3) is 3.01. The zero-order valence-corrected chi connectivity index (χ0v) is 17.2. The van der Waals surface area contributed by atoms with Gasteiger partial charge >= 0.3 is 0 Å². The first-order valence-corrected chi connectivity index (χ1v) is 9.84. The molecule has 0 fully saturated rings. The second kappa shape index (κ2) is 7.09. The lowest BCUT2D eigenvalue weighted by Crippen LogP contribution is -2.34. The fraction of sp³-hybridized carbons (Fsp3) is 0.105. The first-order valence-electron chi connectivity index (χ1n) is 8.26. The average molecular weight is 433 g/mol. The van der Waals surface area contributed by atoms with Crippen molar-refractivity contribution in [3.63, 3.8) is 0 Å². The summed E-state index contributed by atoms with van der Waals surface area (Å²) in [5, 5.41) is 0.974. The molecule has 1 aromatic carbocycles. The molecule has 0 aliphatic heterocycles. The van der Waals surface area contributed by atoms with Crippen molar-refractivity contribution in [2.45, 2.75) is 6.92 Å². The zero-order valence-electron chi connectivity index (χ0n) is 14.9. The predicted octanol–water partition coefficient (Wildman–Crippen LogP) is 4.46. The molecule has 0 atom stereocenters. The molecule has 0 saturated heterocycles. The number of aryl methyl sites for hydroxylation is 1. The number of carbonyl (C=O) groups is 1. The Balaban J connectivity index is 1.81. The Labute approximate surface area is 173 Å². The Morgan fingerprint density at radius 3 is 2.57 bits per heavy atom. The molecule has 1 amide bonds. The van der Waals surface area contributed by atoms with Gasteiger partial charge in [0.25, 0.3) is 11.5 Å². The van der Waals surface area contributed by atoms with Crippen molar-refractivity contribution in [2.75, 3.05) is 5.43 Å². The van der Waals surface area contributed by atoms with Crippen molar-refractivity contribution in [2.24, 2.45) is 7.05 Å². The van der Waals surface area contributed by atoms with Crippen LogP contribution in [0.5, 0.6) is 0 Å². The summed E-state index contributed by atoms with van der Waals surface area (Å²) in [6.45, 7) is 1.95. The highest BCUT2D eigenvalue weighted by atomic mass is 35.5. The maximum absolute atomic E-state index is 13.1. The lowest BCUT2D eigenvalue weighted by Gasteiger charge is -2.09. The van der Waals surface area contributed by atoms with Crippen LogP contribution in [0.15, 0.2) is 47.5 Å². The maximum Gasteiger partial charge on any atom is 0.286 e. The third-order valence-corrected chi connectivity index (χ3v) is 6.28. The second-order valence-corrected chi connectivity index (χ2v) is 8.14. The van der Waals surface area contributed by atoms with Gasteiger partial charge in [0.05, 0.1) is 10.4 Å². The summed E-state index contributed by atoms with van der Waals surface area (Å²) in [7, 11) is 1.61. The van der Waals surface area contributed by atoms with Crippen molar-refractivity contribution >= 4 is 50.7 Å².